The van der Waals surface area contributed by atoms with Gasteiger partial charge in [0.2, 0.25) is 5.88 Å². The molecule has 0 unspecified atom stereocenters. The quantitative estimate of drug-likeness (QED) is 0.133. The smallest absolute Gasteiger partial charge is 0.258 e. The average molecular weight is 1300 g/mol. The monoisotopic (exact) mass is 1300 g/mol. The molecule has 12 aromatic rings. The lowest BCUT2D eigenvalue weighted by Crippen LogP contribution is -2.64. The summed E-state index contributed by atoms with van der Waals surface area (Å²) in [6.45, 7) is 27.8. The number of nitrogens with zero attached hydrogens (tertiary/aromatic N) is 7. The fourth-order valence-corrected chi connectivity index (χ4v) is 17.9. The maximum Gasteiger partial charge on any atom is 0.258 e. The molecule has 0 bridgehead atoms. The zero-order valence-electron chi connectivity index (χ0n) is 59.5. The van der Waals surface area contributed by atoms with E-state index in [2.05, 4.69) is 344 Å². The molecule has 8 nitrogen and oxygen atoms in total. The van der Waals surface area contributed by atoms with E-state index in [4.69, 9.17) is 14.7 Å². The van der Waals surface area contributed by atoms with Crippen molar-refractivity contribution in [3.63, 3.8) is 0 Å². The van der Waals surface area contributed by atoms with Crippen LogP contribution in [0.25, 0.3) is 0 Å². The molecule has 6 heterocycles. The maximum atomic E-state index is 7.84. The largest absolute Gasteiger partial charge is 0.440 e. The fourth-order valence-electron chi connectivity index (χ4n) is 17.9. The first-order valence-corrected chi connectivity index (χ1v) is 36.0. The van der Waals surface area contributed by atoms with Gasteiger partial charge in [0.1, 0.15) is 23.2 Å². The van der Waals surface area contributed by atoms with E-state index in [1.54, 1.807) is 0 Å². The molecule has 18 rings (SSSR count). The van der Waals surface area contributed by atoms with Gasteiger partial charge < -0.3 is 14.5 Å². The van der Waals surface area contributed by atoms with Crippen molar-refractivity contribution in [1.29, 1.82) is 0 Å². The molecule has 0 saturated carbocycles. The Morgan fingerprint density at radius 1 is 0.330 bits per heavy atom. The Morgan fingerprint density at radius 2 is 0.730 bits per heavy atom. The maximum absolute atomic E-state index is 7.84. The molecule has 0 N–H and O–H groups in total. The van der Waals surface area contributed by atoms with Crippen LogP contribution in [0.5, 0.6) is 11.6 Å². The van der Waals surface area contributed by atoms with E-state index in [0.717, 1.165) is 156 Å². The molecule has 0 radical (unpaired) electrons. The van der Waals surface area contributed by atoms with Crippen LogP contribution < -0.4 is 62.0 Å². The summed E-state index contributed by atoms with van der Waals surface area (Å²) in [7, 11) is 0. The Labute approximate surface area is 590 Å². The van der Waals surface area contributed by atoms with Crippen LogP contribution in [0.2, 0.25) is 0 Å². The predicted octanol–water partition coefficient (Wildman–Crippen LogP) is 19.8. The minimum absolute atomic E-state index is 0.0248. The highest BCUT2D eigenvalue weighted by Gasteiger charge is 2.50. The number of benzene rings is 10. The Kier molecular flexibility index (Phi) is 13.9. The lowest BCUT2D eigenvalue weighted by molar-refractivity contribution is 0.332. The lowest BCUT2D eigenvalue weighted by atomic mass is 9.31. The van der Waals surface area contributed by atoms with Gasteiger partial charge in [0.05, 0.1) is 28.4 Å². The summed E-state index contributed by atoms with van der Waals surface area (Å²) < 4.78 is 7.84. The van der Waals surface area contributed by atoms with Gasteiger partial charge in [-0.2, -0.15) is 4.98 Å². The number of aryl methyl sites for hydroxylation is 4. The molecular formula is C90H83B2N7O. The second-order valence-corrected chi connectivity index (χ2v) is 31.6. The lowest BCUT2D eigenvalue weighted by Gasteiger charge is -2.46. The van der Waals surface area contributed by atoms with Crippen molar-refractivity contribution >= 4 is 132 Å². The zero-order valence-corrected chi connectivity index (χ0v) is 59.5. The number of anilines is 15. The SMILES string of the molecule is Cc1ccccc1N(c1cc2c3c(n1)Oc1cc4c(cc1B3c1ccccc1N2c1ccc2c(c1)C(C)(C)CCC2(C)C)B1c2ccccc2N(c2ccc3c(c2)C(C)(C)CCC3(C)C)c2cc(N(c3ccccc3C)c3ccccc3C)nc(c21)N4c1ccccc1)c1ccccc1C. The summed E-state index contributed by atoms with van der Waals surface area (Å²) in [5.41, 5.74) is 30.1. The normalized spacial score (nSPS) is 16.3. The first-order chi connectivity index (χ1) is 48.2. The topological polar surface area (TPSA) is 51.2 Å². The van der Waals surface area contributed by atoms with Gasteiger partial charge in [0.25, 0.3) is 13.4 Å². The molecule has 2 aliphatic carbocycles. The summed E-state index contributed by atoms with van der Waals surface area (Å²) in [5, 5.41) is 0. The van der Waals surface area contributed by atoms with E-state index in [-0.39, 0.29) is 35.1 Å². The molecule has 2 aromatic heterocycles. The molecule has 6 aliphatic rings. The molecule has 100 heavy (non-hydrogen) atoms. The standard InChI is InChI=1S/C90H83B2N7O/c1-56-28-16-22-36-71(56)98(72-37-23-17-29-57(72)2)81-54-78-83-85(93-81)97(60-32-14-13-15-33-60)77-53-80-70(52-69(77)91(83)67-34-20-26-40-75(67)95(78)61-42-44-63-65(50-61)89(9,10)48-46-87(63,5)6)92-68-35-21-27-41-76(68)96(62-43-45-64-66(51-62)90(11,12)49-47-88(64,7)8)79-55-82(94-86(100-80)84(79)92)99(73-38-24-18-30-58(73)3)74-39-25-19-31-59(74)4/h13-45,50-55H,46-49H2,1-12H3. The van der Waals surface area contributed by atoms with Crippen LogP contribution in [-0.4, -0.2) is 23.4 Å². The van der Waals surface area contributed by atoms with Crippen molar-refractivity contribution in [3.8, 4) is 11.6 Å². The second kappa shape index (κ2) is 22.5. The number of ether oxygens (including phenoxy) is 1. The summed E-state index contributed by atoms with van der Waals surface area (Å²) in [6.07, 6.45) is 4.50. The van der Waals surface area contributed by atoms with Crippen molar-refractivity contribution in [3.05, 3.63) is 281 Å². The third kappa shape index (κ3) is 9.41. The van der Waals surface area contributed by atoms with Crippen LogP contribution in [0, 0.1) is 27.7 Å². The first kappa shape index (κ1) is 61.7. The molecule has 0 atom stereocenters. The number of para-hydroxylation sites is 7. The van der Waals surface area contributed by atoms with Crippen molar-refractivity contribution < 1.29 is 4.74 Å². The number of rotatable bonds is 9. The van der Waals surface area contributed by atoms with Crippen molar-refractivity contribution in [2.45, 2.75) is 130 Å². The molecule has 0 saturated heterocycles. The Balaban J connectivity index is 0.924. The molecule has 10 heteroatoms. The molecule has 0 fully saturated rings. The van der Waals surface area contributed by atoms with Gasteiger partial charge in [-0.05, 0) is 220 Å². The Morgan fingerprint density at radius 3 is 1.20 bits per heavy atom. The van der Waals surface area contributed by atoms with Gasteiger partial charge >= 0.3 is 0 Å². The average Bonchev–Trinajstić information content (AvgIpc) is 0.688. The van der Waals surface area contributed by atoms with Crippen LogP contribution in [0.3, 0.4) is 0 Å². The van der Waals surface area contributed by atoms with E-state index in [0.29, 0.717) is 5.88 Å². The second-order valence-electron chi connectivity index (χ2n) is 31.6. The minimum atomic E-state index is -0.270. The predicted molar refractivity (Wildman–Crippen MR) is 421 cm³/mol. The molecule has 0 spiro atoms. The van der Waals surface area contributed by atoms with Gasteiger partial charge in [-0.3, -0.25) is 14.7 Å². The highest BCUT2D eigenvalue weighted by Crippen LogP contribution is 2.54. The van der Waals surface area contributed by atoms with Gasteiger partial charge in [-0.15, -0.1) is 0 Å². The van der Waals surface area contributed by atoms with Gasteiger partial charge in [0.15, 0.2) is 0 Å². The highest BCUT2D eigenvalue weighted by atomic mass is 16.5. The number of hydrogen-bond acceptors (Lipinski definition) is 8. The van der Waals surface area contributed by atoms with E-state index in [9.17, 15) is 0 Å². The van der Waals surface area contributed by atoms with Crippen LogP contribution in [0.1, 0.15) is 126 Å². The highest BCUT2D eigenvalue weighted by molar-refractivity contribution is 7.02. The van der Waals surface area contributed by atoms with Crippen LogP contribution in [0.4, 0.5) is 85.7 Å². The van der Waals surface area contributed by atoms with Gasteiger partial charge in [0, 0.05) is 63.5 Å². The summed E-state index contributed by atoms with van der Waals surface area (Å²) in [5.74, 6) is 3.80. The number of pyridine rings is 2. The molecule has 490 valence electrons. The van der Waals surface area contributed by atoms with Crippen LogP contribution >= 0.6 is 0 Å². The van der Waals surface area contributed by atoms with E-state index < -0.39 is 0 Å². The van der Waals surface area contributed by atoms with Crippen LogP contribution in [0.15, 0.2) is 237 Å². The van der Waals surface area contributed by atoms with Crippen molar-refractivity contribution in [2.24, 2.45) is 0 Å². The zero-order chi connectivity index (χ0) is 68.5. The first-order valence-electron chi connectivity index (χ1n) is 36.0. The third-order valence-corrected chi connectivity index (χ3v) is 23.6. The Bertz CT molecular complexity index is 5290. The number of aromatic nitrogens is 2. The third-order valence-electron chi connectivity index (χ3n) is 23.6. The minimum Gasteiger partial charge on any atom is -0.440 e. The Hall–Kier alpha value is -10.6. The van der Waals surface area contributed by atoms with Crippen molar-refractivity contribution in [1.82, 2.24) is 9.97 Å². The molecule has 10 aromatic carbocycles. The van der Waals surface area contributed by atoms with E-state index in [1.165, 1.54) is 38.6 Å². The fraction of sp³-hybridized carbons (Fsp3) is 0.222. The summed E-state index contributed by atoms with van der Waals surface area (Å²) in [4.78, 5) is 24.4. The van der Waals surface area contributed by atoms with Crippen molar-refractivity contribution in [2.75, 3.05) is 24.5 Å². The molecule has 0 amide bonds. The van der Waals surface area contributed by atoms with Gasteiger partial charge in [-0.25, -0.2) is 4.98 Å². The van der Waals surface area contributed by atoms with E-state index >= 15 is 0 Å². The van der Waals surface area contributed by atoms with E-state index in [1.807, 2.05) is 0 Å². The van der Waals surface area contributed by atoms with Gasteiger partial charge in [-0.1, -0.05) is 201 Å². The summed E-state index contributed by atoms with van der Waals surface area (Å²) in [6, 6.07) is 88.5. The van der Waals surface area contributed by atoms with Crippen LogP contribution in [-0.2, 0) is 21.7 Å². The number of fused-ring (bicyclic) bond motifs is 10. The molecule has 4 aliphatic heterocycles. The number of hydrogen-bond donors (Lipinski definition) is 0. The molecular weight excluding hydrogens is 1220 g/mol. The summed E-state index contributed by atoms with van der Waals surface area (Å²) >= 11 is 0.